The van der Waals surface area contributed by atoms with Crippen molar-refractivity contribution in [3.63, 3.8) is 0 Å². The van der Waals surface area contributed by atoms with E-state index in [4.69, 9.17) is 14.6 Å². The van der Waals surface area contributed by atoms with Gasteiger partial charge in [0.1, 0.15) is 11.5 Å². The van der Waals surface area contributed by atoms with E-state index in [1.165, 1.54) is 0 Å². The molecule has 0 amide bonds. The van der Waals surface area contributed by atoms with Gasteiger partial charge in [0.2, 0.25) is 0 Å². The number of nitrogens with one attached hydrogen (secondary N) is 1. The molecular weight excluding hydrogens is 376 g/mol. The maximum Gasteiger partial charge on any atom is 0.176 e. The minimum Gasteiger partial charge on any atom is -0.497 e. The van der Waals surface area contributed by atoms with Gasteiger partial charge in [-0.05, 0) is 48.5 Å². The van der Waals surface area contributed by atoms with Crippen LogP contribution in [0, 0.1) is 0 Å². The van der Waals surface area contributed by atoms with Gasteiger partial charge >= 0.3 is 0 Å². The van der Waals surface area contributed by atoms with E-state index in [1.807, 2.05) is 89.1 Å². The van der Waals surface area contributed by atoms with Crippen molar-refractivity contribution in [2.45, 2.75) is 0 Å². The number of hydrogen-bond donors (Lipinski definition) is 1. The molecule has 0 saturated carbocycles. The summed E-state index contributed by atoms with van der Waals surface area (Å²) in [5.41, 5.74) is 6.22. The first-order valence-corrected chi connectivity index (χ1v) is 8.57. The van der Waals surface area contributed by atoms with Crippen molar-refractivity contribution in [3.8, 4) is 11.5 Å². The van der Waals surface area contributed by atoms with Gasteiger partial charge in [-0.15, -0.1) is 17.5 Å². The van der Waals surface area contributed by atoms with Crippen LogP contribution in [0.2, 0.25) is 0 Å². The lowest BCUT2D eigenvalue weighted by Crippen LogP contribution is -2.44. The SMILES string of the molecule is COc1ccc(N2N=C(c3ccccc3)NN2c2ccc(OC)cc2)cc1.Cl. The fourth-order valence-corrected chi connectivity index (χ4v) is 2.81. The number of anilines is 2. The zero-order valence-corrected chi connectivity index (χ0v) is 16.4. The largest absolute Gasteiger partial charge is 0.497 e. The molecule has 1 heterocycles. The van der Waals surface area contributed by atoms with Crippen molar-refractivity contribution < 1.29 is 9.47 Å². The quantitative estimate of drug-likeness (QED) is 0.699. The molecule has 0 unspecified atom stereocenters. The minimum atomic E-state index is 0. The number of amidine groups is 1. The van der Waals surface area contributed by atoms with Crippen molar-refractivity contribution in [1.82, 2.24) is 5.43 Å². The number of hydrogen-bond acceptors (Lipinski definition) is 6. The van der Waals surface area contributed by atoms with Crippen molar-refractivity contribution in [2.24, 2.45) is 5.10 Å². The first-order valence-electron chi connectivity index (χ1n) is 8.57. The summed E-state index contributed by atoms with van der Waals surface area (Å²) in [7, 11) is 3.31. The van der Waals surface area contributed by atoms with Gasteiger partial charge in [0, 0.05) is 5.56 Å². The van der Waals surface area contributed by atoms with E-state index >= 15 is 0 Å². The molecule has 144 valence electrons. The fraction of sp³-hybridized carbons (Fsp3) is 0.0952. The number of halogens is 1. The molecule has 0 bridgehead atoms. The molecule has 1 aliphatic rings. The Morgan fingerprint density at radius 2 is 1.25 bits per heavy atom. The van der Waals surface area contributed by atoms with Gasteiger partial charge in [-0.3, -0.25) is 5.43 Å². The van der Waals surface area contributed by atoms with Gasteiger partial charge in [-0.1, -0.05) is 30.3 Å². The predicted octanol–water partition coefficient (Wildman–Crippen LogP) is 4.23. The Labute approximate surface area is 170 Å². The molecule has 28 heavy (non-hydrogen) atoms. The molecule has 3 aromatic carbocycles. The average molecular weight is 397 g/mol. The van der Waals surface area contributed by atoms with Crippen molar-refractivity contribution in [3.05, 3.63) is 84.4 Å². The zero-order chi connectivity index (χ0) is 18.6. The Morgan fingerprint density at radius 1 is 0.714 bits per heavy atom. The Hall–Kier alpha value is -3.38. The van der Waals surface area contributed by atoms with E-state index in [-0.39, 0.29) is 12.4 Å². The standard InChI is InChI=1S/C21H20N4O2.ClH/c1-26-19-12-8-17(9-13-19)24-22-21(16-6-4-3-5-7-16)23-25(24)18-10-14-20(27-2)15-11-18;/h3-15H,1-2H3,(H,22,23);1H. The van der Waals surface area contributed by atoms with Crippen LogP contribution in [0.15, 0.2) is 84.0 Å². The lowest BCUT2D eigenvalue weighted by atomic mass is 10.2. The first kappa shape index (κ1) is 19.4. The van der Waals surface area contributed by atoms with Gasteiger partial charge in [0.15, 0.2) is 5.84 Å². The molecule has 6 nitrogen and oxygen atoms in total. The van der Waals surface area contributed by atoms with E-state index in [9.17, 15) is 0 Å². The highest BCUT2D eigenvalue weighted by molar-refractivity contribution is 6.02. The molecule has 3 aromatic rings. The number of methoxy groups -OCH3 is 2. The molecule has 0 saturated heterocycles. The molecule has 0 aromatic heterocycles. The van der Waals surface area contributed by atoms with Crippen LogP contribution in [-0.4, -0.2) is 20.1 Å². The number of benzene rings is 3. The second-order valence-corrected chi connectivity index (χ2v) is 5.92. The second kappa shape index (κ2) is 8.54. The summed E-state index contributed by atoms with van der Waals surface area (Å²) in [4.78, 5) is 0. The predicted molar refractivity (Wildman–Crippen MR) is 114 cm³/mol. The maximum absolute atomic E-state index is 5.26. The molecule has 7 heteroatoms. The van der Waals surface area contributed by atoms with E-state index in [0.717, 1.165) is 34.3 Å². The molecule has 0 radical (unpaired) electrons. The van der Waals surface area contributed by atoms with Crippen LogP contribution < -0.4 is 25.1 Å². The molecule has 1 N–H and O–H groups in total. The van der Waals surface area contributed by atoms with Gasteiger partial charge in [-0.25, -0.2) is 0 Å². The summed E-state index contributed by atoms with van der Waals surface area (Å²) in [6.07, 6.45) is 0. The number of nitrogens with zero attached hydrogens (tertiary/aromatic N) is 3. The summed E-state index contributed by atoms with van der Waals surface area (Å²) >= 11 is 0. The van der Waals surface area contributed by atoms with Crippen LogP contribution in [0.4, 0.5) is 11.4 Å². The normalized spacial score (nSPS) is 12.7. The van der Waals surface area contributed by atoms with Crippen molar-refractivity contribution in [1.29, 1.82) is 0 Å². The first-order chi connectivity index (χ1) is 13.3. The van der Waals surface area contributed by atoms with E-state index in [0.29, 0.717) is 0 Å². The number of ether oxygens (including phenoxy) is 2. The van der Waals surface area contributed by atoms with Crippen LogP contribution in [0.25, 0.3) is 0 Å². The molecule has 0 aliphatic carbocycles. The van der Waals surface area contributed by atoms with E-state index in [1.54, 1.807) is 14.2 Å². The Kier molecular flexibility index (Phi) is 5.91. The highest BCUT2D eigenvalue weighted by Crippen LogP contribution is 2.28. The summed E-state index contributed by atoms with van der Waals surface area (Å²) in [5.74, 6) is 2.37. The monoisotopic (exact) mass is 396 g/mol. The third-order valence-electron chi connectivity index (χ3n) is 4.26. The Bertz CT molecular complexity index is 931. The molecule has 1 aliphatic heterocycles. The van der Waals surface area contributed by atoms with Crippen LogP contribution >= 0.6 is 12.4 Å². The molecule has 0 spiro atoms. The van der Waals surface area contributed by atoms with Gasteiger partial charge in [0.25, 0.3) is 0 Å². The van der Waals surface area contributed by atoms with Gasteiger partial charge in [0.05, 0.1) is 25.6 Å². The number of hydrazone groups is 1. The second-order valence-electron chi connectivity index (χ2n) is 5.92. The van der Waals surface area contributed by atoms with Crippen molar-refractivity contribution >= 4 is 29.6 Å². The molecular formula is C21H21ClN4O2. The lowest BCUT2D eigenvalue weighted by molar-refractivity contribution is 0.414. The topological polar surface area (TPSA) is 49.3 Å². The van der Waals surface area contributed by atoms with Crippen LogP contribution in [0.1, 0.15) is 5.56 Å². The third-order valence-corrected chi connectivity index (χ3v) is 4.26. The smallest absolute Gasteiger partial charge is 0.176 e. The number of rotatable bonds is 5. The van der Waals surface area contributed by atoms with E-state index in [2.05, 4.69) is 5.43 Å². The highest BCUT2D eigenvalue weighted by atomic mass is 35.5. The van der Waals surface area contributed by atoms with Crippen molar-refractivity contribution in [2.75, 3.05) is 24.5 Å². The zero-order valence-electron chi connectivity index (χ0n) is 15.6. The molecule has 0 fully saturated rings. The Morgan fingerprint density at radius 3 is 1.79 bits per heavy atom. The van der Waals surface area contributed by atoms with Crippen LogP contribution in [-0.2, 0) is 0 Å². The average Bonchev–Trinajstić information content (AvgIpc) is 3.20. The summed E-state index contributed by atoms with van der Waals surface area (Å²) < 4.78 is 10.5. The van der Waals surface area contributed by atoms with Crippen LogP contribution in [0.5, 0.6) is 11.5 Å². The highest BCUT2D eigenvalue weighted by Gasteiger charge is 2.26. The Balaban J connectivity index is 0.00000225. The minimum absolute atomic E-state index is 0. The summed E-state index contributed by atoms with van der Waals surface area (Å²) in [6, 6.07) is 25.6. The molecule has 0 atom stereocenters. The maximum atomic E-state index is 5.26. The number of hydrazine groups is 2. The lowest BCUT2D eigenvalue weighted by Gasteiger charge is -2.28. The van der Waals surface area contributed by atoms with Crippen LogP contribution in [0.3, 0.4) is 0 Å². The molecule has 4 rings (SSSR count). The van der Waals surface area contributed by atoms with Gasteiger partial charge < -0.3 is 9.47 Å². The summed E-state index contributed by atoms with van der Waals surface area (Å²) in [5, 5.41) is 8.49. The van der Waals surface area contributed by atoms with E-state index < -0.39 is 0 Å². The van der Waals surface area contributed by atoms with Gasteiger partial charge in [-0.2, -0.15) is 10.2 Å². The fourth-order valence-electron chi connectivity index (χ4n) is 2.81. The third kappa shape index (κ3) is 3.82. The summed E-state index contributed by atoms with van der Waals surface area (Å²) in [6.45, 7) is 0.